The van der Waals surface area contributed by atoms with Crippen molar-refractivity contribution in [1.29, 1.82) is 0 Å². The van der Waals surface area contributed by atoms with Gasteiger partial charge in [-0.25, -0.2) is 0 Å². The molecule has 8 heteroatoms. The molecule has 3 rings (SSSR count). The van der Waals surface area contributed by atoms with Crippen LogP contribution in [-0.4, -0.2) is 48.5 Å². The van der Waals surface area contributed by atoms with Gasteiger partial charge in [0.15, 0.2) is 5.96 Å². The summed E-state index contributed by atoms with van der Waals surface area (Å²) >= 11 is 6.12. The summed E-state index contributed by atoms with van der Waals surface area (Å²) in [7, 11) is 3.81. The maximum absolute atomic E-state index is 6.12. The highest BCUT2D eigenvalue weighted by atomic mass is 127. The van der Waals surface area contributed by atoms with Crippen molar-refractivity contribution in [3.8, 4) is 0 Å². The first kappa shape index (κ1) is 22.8. The first-order valence-corrected chi connectivity index (χ1v) is 9.82. The Kier molecular flexibility index (Phi) is 8.42. The lowest BCUT2D eigenvalue weighted by Crippen LogP contribution is -2.45. The van der Waals surface area contributed by atoms with E-state index in [9.17, 15) is 0 Å². The van der Waals surface area contributed by atoms with Crippen molar-refractivity contribution in [1.82, 2.24) is 20.4 Å². The Morgan fingerprint density at radius 2 is 2.14 bits per heavy atom. The van der Waals surface area contributed by atoms with Gasteiger partial charge >= 0.3 is 0 Å². The molecule has 2 heterocycles. The standard InChI is InChI=1S/C20H29ClN6.HI/c1-14-19(15(2)26(4)25-14)8-10-23-20(22-3)24-17-9-11-27(13-17)18-7-5-6-16(21)12-18;/h5-7,12,17H,8-11,13H2,1-4H3,(H2,22,23,24);1H. The predicted octanol–water partition coefficient (Wildman–Crippen LogP) is 3.29. The van der Waals surface area contributed by atoms with Crippen LogP contribution in [0.4, 0.5) is 5.69 Å². The fraction of sp³-hybridized carbons (Fsp3) is 0.500. The highest BCUT2D eigenvalue weighted by molar-refractivity contribution is 14.0. The average Bonchev–Trinajstić information content (AvgIpc) is 3.20. The summed E-state index contributed by atoms with van der Waals surface area (Å²) in [5, 5.41) is 12.2. The molecule has 28 heavy (non-hydrogen) atoms. The van der Waals surface area contributed by atoms with E-state index < -0.39 is 0 Å². The first-order valence-electron chi connectivity index (χ1n) is 9.44. The number of anilines is 1. The van der Waals surface area contributed by atoms with Gasteiger partial charge in [-0.2, -0.15) is 5.10 Å². The van der Waals surface area contributed by atoms with Crippen LogP contribution in [0.5, 0.6) is 0 Å². The van der Waals surface area contributed by atoms with Gasteiger partial charge in [-0.1, -0.05) is 17.7 Å². The molecule has 0 saturated carbocycles. The monoisotopic (exact) mass is 516 g/mol. The molecular formula is C20H30ClIN6. The van der Waals surface area contributed by atoms with Crippen LogP contribution < -0.4 is 15.5 Å². The number of nitrogens with zero attached hydrogens (tertiary/aromatic N) is 4. The predicted molar refractivity (Wildman–Crippen MR) is 128 cm³/mol. The number of guanidine groups is 1. The molecule has 1 unspecified atom stereocenters. The molecule has 0 spiro atoms. The van der Waals surface area contributed by atoms with Crippen LogP contribution in [0.15, 0.2) is 29.3 Å². The smallest absolute Gasteiger partial charge is 0.191 e. The van der Waals surface area contributed by atoms with E-state index in [2.05, 4.69) is 45.5 Å². The molecule has 0 bridgehead atoms. The topological polar surface area (TPSA) is 57.5 Å². The fourth-order valence-corrected chi connectivity index (χ4v) is 3.84. The van der Waals surface area contributed by atoms with Gasteiger partial charge in [0.1, 0.15) is 0 Å². The average molecular weight is 517 g/mol. The zero-order chi connectivity index (χ0) is 19.4. The quantitative estimate of drug-likeness (QED) is 0.364. The number of halogens is 2. The van der Waals surface area contributed by atoms with Crippen LogP contribution >= 0.6 is 35.6 Å². The number of aryl methyl sites for hydroxylation is 2. The van der Waals surface area contributed by atoms with E-state index in [1.807, 2.05) is 37.0 Å². The van der Waals surface area contributed by atoms with Gasteiger partial charge < -0.3 is 15.5 Å². The maximum Gasteiger partial charge on any atom is 0.191 e. The molecule has 0 radical (unpaired) electrons. The molecule has 1 aromatic carbocycles. The van der Waals surface area contributed by atoms with Gasteiger partial charge in [-0.05, 0) is 50.5 Å². The SMILES string of the molecule is CN=C(NCCc1c(C)nn(C)c1C)NC1CCN(c2cccc(Cl)c2)C1.I. The van der Waals surface area contributed by atoms with E-state index in [1.54, 1.807) is 0 Å². The van der Waals surface area contributed by atoms with Crippen molar-refractivity contribution >= 4 is 47.2 Å². The minimum absolute atomic E-state index is 0. The largest absolute Gasteiger partial charge is 0.369 e. The van der Waals surface area contributed by atoms with Gasteiger partial charge in [0.05, 0.1) is 5.69 Å². The molecule has 2 aromatic rings. The third-order valence-corrected chi connectivity index (χ3v) is 5.49. The van der Waals surface area contributed by atoms with Crippen molar-refractivity contribution in [2.24, 2.45) is 12.0 Å². The molecule has 1 saturated heterocycles. The summed E-state index contributed by atoms with van der Waals surface area (Å²) in [6, 6.07) is 8.42. The third kappa shape index (κ3) is 5.53. The molecule has 6 nitrogen and oxygen atoms in total. The first-order chi connectivity index (χ1) is 13.0. The number of hydrogen-bond donors (Lipinski definition) is 2. The van der Waals surface area contributed by atoms with Crippen LogP contribution in [-0.2, 0) is 13.5 Å². The Labute approximate surface area is 189 Å². The van der Waals surface area contributed by atoms with E-state index in [0.717, 1.165) is 49.2 Å². The van der Waals surface area contributed by atoms with Crippen LogP contribution in [0.2, 0.25) is 5.02 Å². The van der Waals surface area contributed by atoms with E-state index in [4.69, 9.17) is 11.6 Å². The second kappa shape index (κ2) is 10.3. The second-order valence-corrected chi connectivity index (χ2v) is 7.51. The van der Waals surface area contributed by atoms with Gasteiger partial charge in [0.2, 0.25) is 0 Å². The molecule has 154 valence electrons. The minimum Gasteiger partial charge on any atom is -0.369 e. The maximum atomic E-state index is 6.12. The molecule has 1 aliphatic rings. The Morgan fingerprint density at radius 1 is 1.36 bits per heavy atom. The summed E-state index contributed by atoms with van der Waals surface area (Å²) < 4.78 is 1.95. The number of benzene rings is 1. The fourth-order valence-electron chi connectivity index (χ4n) is 3.66. The molecule has 1 atom stereocenters. The zero-order valence-corrected chi connectivity index (χ0v) is 20.1. The Morgan fingerprint density at radius 3 is 2.79 bits per heavy atom. The lowest BCUT2D eigenvalue weighted by molar-refractivity contribution is 0.648. The van der Waals surface area contributed by atoms with Crippen molar-refractivity contribution in [2.45, 2.75) is 32.7 Å². The summed E-state index contributed by atoms with van der Waals surface area (Å²) in [6.07, 6.45) is 2.01. The van der Waals surface area contributed by atoms with Crippen LogP contribution in [0, 0.1) is 13.8 Å². The molecule has 0 aliphatic carbocycles. The number of rotatable bonds is 5. The number of aliphatic imine (C=N–C) groups is 1. The van der Waals surface area contributed by atoms with Gasteiger partial charge in [-0.15, -0.1) is 24.0 Å². The lowest BCUT2D eigenvalue weighted by atomic mass is 10.1. The number of hydrogen-bond acceptors (Lipinski definition) is 3. The number of aromatic nitrogens is 2. The van der Waals surface area contributed by atoms with E-state index in [1.165, 1.54) is 16.9 Å². The summed E-state index contributed by atoms with van der Waals surface area (Å²) in [5.41, 5.74) is 4.82. The molecule has 1 aliphatic heterocycles. The normalized spacial score (nSPS) is 16.8. The van der Waals surface area contributed by atoms with Crippen molar-refractivity contribution in [3.05, 3.63) is 46.2 Å². The summed E-state index contributed by atoms with van der Waals surface area (Å²) in [4.78, 5) is 6.74. The van der Waals surface area contributed by atoms with Crippen molar-refractivity contribution < 1.29 is 0 Å². The molecule has 1 fully saturated rings. The summed E-state index contributed by atoms with van der Waals surface area (Å²) in [5.74, 6) is 0.854. The molecule has 2 N–H and O–H groups in total. The highest BCUT2D eigenvalue weighted by Crippen LogP contribution is 2.23. The Balaban J connectivity index is 0.00000280. The highest BCUT2D eigenvalue weighted by Gasteiger charge is 2.23. The minimum atomic E-state index is 0. The molecule has 0 amide bonds. The van der Waals surface area contributed by atoms with Gasteiger partial charge in [-0.3, -0.25) is 9.67 Å². The lowest BCUT2D eigenvalue weighted by Gasteiger charge is -2.20. The number of nitrogens with one attached hydrogen (secondary N) is 2. The van der Waals surface area contributed by atoms with Gasteiger partial charge in [0, 0.05) is 56.2 Å². The van der Waals surface area contributed by atoms with E-state index in [0.29, 0.717) is 6.04 Å². The van der Waals surface area contributed by atoms with Crippen LogP contribution in [0.3, 0.4) is 0 Å². The van der Waals surface area contributed by atoms with Crippen LogP contribution in [0.1, 0.15) is 23.4 Å². The third-order valence-electron chi connectivity index (χ3n) is 5.25. The Hall–Kier alpha value is -1.48. The Bertz CT molecular complexity index is 819. The van der Waals surface area contributed by atoms with Crippen molar-refractivity contribution in [2.75, 3.05) is 31.6 Å². The van der Waals surface area contributed by atoms with Crippen molar-refractivity contribution in [3.63, 3.8) is 0 Å². The molecule has 1 aromatic heterocycles. The molecular weight excluding hydrogens is 487 g/mol. The zero-order valence-electron chi connectivity index (χ0n) is 17.0. The van der Waals surface area contributed by atoms with E-state index in [-0.39, 0.29) is 24.0 Å². The van der Waals surface area contributed by atoms with Crippen LogP contribution in [0.25, 0.3) is 0 Å². The van der Waals surface area contributed by atoms with E-state index >= 15 is 0 Å². The second-order valence-electron chi connectivity index (χ2n) is 7.08. The van der Waals surface area contributed by atoms with Gasteiger partial charge in [0.25, 0.3) is 0 Å². The summed E-state index contributed by atoms with van der Waals surface area (Å²) in [6.45, 7) is 6.98.